The first-order valence-corrected chi connectivity index (χ1v) is 12.5. The zero-order valence-corrected chi connectivity index (χ0v) is 19.6. The van der Waals surface area contributed by atoms with E-state index < -0.39 is 10.0 Å². The summed E-state index contributed by atoms with van der Waals surface area (Å²) in [7, 11) is -2.12. The molecule has 0 spiro atoms. The fourth-order valence-corrected chi connectivity index (χ4v) is 5.32. The van der Waals surface area contributed by atoms with Crippen molar-refractivity contribution >= 4 is 15.9 Å². The Morgan fingerprint density at radius 1 is 1.09 bits per heavy atom. The van der Waals surface area contributed by atoms with E-state index in [0.717, 1.165) is 18.6 Å². The van der Waals surface area contributed by atoms with Gasteiger partial charge in [0.05, 0.1) is 24.5 Å². The number of benzene rings is 2. The third-order valence-electron chi connectivity index (χ3n) is 5.58. The van der Waals surface area contributed by atoms with E-state index in [-0.39, 0.29) is 23.3 Å². The van der Waals surface area contributed by atoms with Crippen LogP contribution in [0.4, 0.5) is 0 Å². The van der Waals surface area contributed by atoms with Crippen LogP contribution in [0.5, 0.6) is 11.5 Å². The molecular formula is C24H32N2O5S. The fourth-order valence-electron chi connectivity index (χ4n) is 3.80. The molecule has 1 heterocycles. The number of sulfonamides is 1. The van der Waals surface area contributed by atoms with Crippen molar-refractivity contribution < 1.29 is 22.7 Å². The number of hydrogen-bond acceptors (Lipinski definition) is 5. The van der Waals surface area contributed by atoms with Crippen LogP contribution < -0.4 is 14.8 Å². The molecule has 1 aliphatic heterocycles. The first-order chi connectivity index (χ1) is 15.4. The average Bonchev–Trinajstić information content (AvgIpc) is 2.83. The number of rotatable bonds is 10. The zero-order chi connectivity index (χ0) is 23.0. The Balaban J connectivity index is 1.48. The molecule has 1 aliphatic rings. The number of carbonyl (C=O) groups excluding carboxylic acids is 1. The molecule has 0 bridgehead atoms. The number of methoxy groups -OCH3 is 1. The smallest absolute Gasteiger partial charge is 0.243 e. The summed E-state index contributed by atoms with van der Waals surface area (Å²) >= 11 is 0. The molecule has 1 unspecified atom stereocenters. The SMILES string of the molecule is CCCc1ccc(OCCNC(=O)C2CCCN(S(=O)(=O)c3ccc(OC)cc3)C2)cc1. The number of nitrogens with zero attached hydrogens (tertiary/aromatic N) is 1. The van der Waals surface area contributed by atoms with Gasteiger partial charge in [-0.15, -0.1) is 0 Å². The number of nitrogens with one attached hydrogen (secondary N) is 1. The van der Waals surface area contributed by atoms with Gasteiger partial charge < -0.3 is 14.8 Å². The lowest BCUT2D eigenvalue weighted by Gasteiger charge is -2.31. The second-order valence-electron chi connectivity index (χ2n) is 7.91. The highest BCUT2D eigenvalue weighted by Crippen LogP contribution is 2.25. The van der Waals surface area contributed by atoms with Crippen molar-refractivity contribution in [2.24, 2.45) is 5.92 Å². The molecular weight excluding hydrogens is 428 g/mol. The van der Waals surface area contributed by atoms with Gasteiger partial charge >= 0.3 is 0 Å². The highest BCUT2D eigenvalue weighted by atomic mass is 32.2. The van der Waals surface area contributed by atoms with Crippen molar-refractivity contribution in [3.8, 4) is 11.5 Å². The third kappa shape index (κ3) is 6.23. The van der Waals surface area contributed by atoms with Crippen LogP contribution in [-0.2, 0) is 21.2 Å². The number of piperidine rings is 1. The number of aryl methyl sites for hydroxylation is 1. The summed E-state index contributed by atoms with van der Waals surface area (Å²) in [6.07, 6.45) is 3.46. The van der Waals surface area contributed by atoms with E-state index >= 15 is 0 Å². The van der Waals surface area contributed by atoms with Crippen molar-refractivity contribution in [2.45, 2.75) is 37.5 Å². The molecule has 1 fully saturated rings. The van der Waals surface area contributed by atoms with Gasteiger partial charge in [-0.05, 0) is 61.2 Å². The molecule has 1 N–H and O–H groups in total. The van der Waals surface area contributed by atoms with Gasteiger partial charge in [-0.1, -0.05) is 25.5 Å². The average molecular weight is 461 g/mol. The Labute approximate surface area is 190 Å². The maximum atomic E-state index is 13.0. The Morgan fingerprint density at radius 3 is 2.44 bits per heavy atom. The van der Waals surface area contributed by atoms with Crippen LogP contribution in [0.1, 0.15) is 31.7 Å². The Kier molecular flexibility index (Phi) is 8.53. The lowest BCUT2D eigenvalue weighted by atomic mass is 9.99. The fraction of sp³-hybridized carbons (Fsp3) is 0.458. The van der Waals surface area contributed by atoms with E-state index in [2.05, 4.69) is 24.4 Å². The molecule has 1 saturated heterocycles. The Morgan fingerprint density at radius 2 is 1.78 bits per heavy atom. The van der Waals surface area contributed by atoms with Crippen LogP contribution in [0.25, 0.3) is 0 Å². The molecule has 1 atom stereocenters. The van der Waals surface area contributed by atoms with Crippen LogP contribution >= 0.6 is 0 Å². The first kappa shape index (κ1) is 24.1. The molecule has 7 nitrogen and oxygen atoms in total. The summed E-state index contributed by atoms with van der Waals surface area (Å²) in [5.41, 5.74) is 1.28. The van der Waals surface area contributed by atoms with E-state index in [1.807, 2.05) is 12.1 Å². The molecule has 32 heavy (non-hydrogen) atoms. The molecule has 2 aromatic rings. The molecule has 3 rings (SSSR count). The number of carbonyl (C=O) groups is 1. The topological polar surface area (TPSA) is 84.9 Å². The van der Waals surface area contributed by atoms with Crippen molar-refractivity contribution in [1.29, 1.82) is 0 Å². The molecule has 8 heteroatoms. The lowest BCUT2D eigenvalue weighted by Crippen LogP contribution is -2.45. The van der Waals surface area contributed by atoms with Gasteiger partial charge in [0, 0.05) is 13.1 Å². The number of hydrogen-bond donors (Lipinski definition) is 1. The highest BCUT2D eigenvalue weighted by Gasteiger charge is 2.33. The molecule has 1 amide bonds. The van der Waals surface area contributed by atoms with Gasteiger partial charge in [-0.2, -0.15) is 4.31 Å². The van der Waals surface area contributed by atoms with Gasteiger partial charge in [0.2, 0.25) is 15.9 Å². The van der Waals surface area contributed by atoms with Crippen molar-refractivity contribution in [2.75, 3.05) is 33.4 Å². The molecule has 0 aromatic heterocycles. The predicted octanol–water partition coefficient (Wildman–Crippen LogP) is 3.24. The molecule has 0 aliphatic carbocycles. The maximum absolute atomic E-state index is 13.0. The van der Waals surface area contributed by atoms with Crippen LogP contribution in [-0.4, -0.2) is 52.0 Å². The first-order valence-electron chi connectivity index (χ1n) is 11.1. The Hall–Kier alpha value is -2.58. The van der Waals surface area contributed by atoms with Crippen molar-refractivity contribution in [3.05, 3.63) is 54.1 Å². The summed E-state index contributed by atoms with van der Waals surface area (Å²) in [5.74, 6) is 0.860. The zero-order valence-electron chi connectivity index (χ0n) is 18.7. The number of amides is 1. The van der Waals surface area contributed by atoms with Gasteiger partial charge in [0.25, 0.3) is 0 Å². The normalized spacial score (nSPS) is 17.0. The largest absolute Gasteiger partial charge is 0.497 e. The van der Waals surface area contributed by atoms with E-state index in [0.29, 0.717) is 38.3 Å². The monoisotopic (exact) mass is 460 g/mol. The van der Waals surface area contributed by atoms with Crippen molar-refractivity contribution in [1.82, 2.24) is 9.62 Å². The summed E-state index contributed by atoms with van der Waals surface area (Å²) in [5, 5.41) is 2.88. The van der Waals surface area contributed by atoms with Gasteiger partial charge in [-0.3, -0.25) is 4.79 Å². The second kappa shape index (κ2) is 11.3. The summed E-state index contributed by atoms with van der Waals surface area (Å²) < 4.78 is 38.1. The molecule has 2 aromatic carbocycles. The third-order valence-corrected chi connectivity index (χ3v) is 7.46. The van der Waals surface area contributed by atoms with Crippen molar-refractivity contribution in [3.63, 3.8) is 0 Å². The van der Waals surface area contributed by atoms with Crippen LogP contribution in [0.3, 0.4) is 0 Å². The van der Waals surface area contributed by atoms with Crippen LogP contribution in [0, 0.1) is 5.92 Å². The molecule has 0 radical (unpaired) electrons. The minimum atomic E-state index is -3.65. The summed E-state index contributed by atoms with van der Waals surface area (Å²) in [6, 6.07) is 14.3. The predicted molar refractivity (Wildman–Crippen MR) is 123 cm³/mol. The molecule has 174 valence electrons. The summed E-state index contributed by atoms with van der Waals surface area (Å²) in [6.45, 7) is 3.47. The maximum Gasteiger partial charge on any atom is 0.243 e. The minimum absolute atomic E-state index is 0.137. The van der Waals surface area contributed by atoms with Crippen LogP contribution in [0.2, 0.25) is 0 Å². The van der Waals surface area contributed by atoms with Gasteiger partial charge in [0.15, 0.2) is 0 Å². The summed E-state index contributed by atoms with van der Waals surface area (Å²) in [4.78, 5) is 12.8. The van der Waals surface area contributed by atoms with Crippen LogP contribution in [0.15, 0.2) is 53.4 Å². The van der Waals surface area contributed by atoms with E-state index in [1.54, 1.807) is 12.1 Å². The molecule has 0 saturated carbocycles. The van der Waals surface area contributed by atoms with E-state index in [1.165, 1.54) is 29.1 Å². The van der Waals surface area contributed by atoms with E-state index in [4.69, 9.17) is 9.47 Å². The standard InChI is InChI=1S/C24H32N2O5S/c1-3-5-19-7-9-22(10-8-19)31-17-15-25-24(27)20-6-4-16-26(18-20)32(28,29)23-13-11-21(30-2)12-14-23/h7-14,20H,3-6,15-18H2,1-2H3,(H,25,27). The second-order valence-corrected chi connectivity index (χ2v) is 9.85. The lowest BCUT2D eigenvalue weighted by molar-refractivity contribution is -0.126. The van der Waals surface area contributed by atoms with Gasteiger partial charge in [-0.25, -0.2) is 8.42 Å². The number of ether oxygens (including phenoxy) is 2. The van der Waals surface area contributed by atoms with Gasteiger partial charge in [0.1, 0.15) is 18.1 Å². The van der Waals surface area contributed by atoms with E-state index in [9.17, 15) is 13.2 Å². The quantitative estimate of drug-likeness (QED) is 0.550. The Bertz CT molecular complexity index is 974. The highest BCUT2D eigenvalue weighted by molar-refractivity contribution is 7.89. The minimum Gasteiger partial charge on any atom is -0.497 e.